The topological polar surface area (TPSA) is 81.9 Å². The Balaban J connectivity index is 1.31. The molecule has 0 aliphatic heterocycles. The SMILES string of the molecule is O=C(c1cn(Cc2cccc(Oc3ccccc3)c2)nn1)c1cccnc1Nc1ccc(F)cc1. The van der Waals surface area contributed by atoms with E-state index in [1.165, 1.54) is 12.1 Å². The number of ketones is 1. The monoisotopic (exact) mass is 465 g/mol. The lowest BCUT2D eigenvalue weighted by atomic mass is 10.1. The summed E-state index contributed by atoms with van der Waals surface area (Å²) in [6.07, 6.45) is 3.17. The zero-order valence-electron chi connectivity index (χ0n) is 18.5. The molecule has 0 atom stereocenters. The first kappa shape index (κ1) is 22.0. The molecule has 5 rings (SSSR count). The van der Waals surface area contributed by atoms with Crippen LogP contribution in [0.2, 0.25) is 0 Å². The molecule has 0 bridgehead atoms. The lowest BCUT2D eigenvalue weighted by Crippen LogP contribution is -2.07. The molecule has 0 aliphatic rings. The van der Waals surface area contributed by atoms with Crippen molar-refractivity contribution in [3.63, 3.8) is 0 Å². The van der Waals surface area contributed by atoms with Gasteiger partial charge >= 0.3 is 0 Å². The number of carbonyl (C=O) groups excluding carboxylic acids is 1. The maximum Gasteiger partial charge on any atom is 0.218 e. The summed E-state index contributed by atoms with van der Waals surface area (Å²) in [6, 6.07) is 26.3. The molecule has 172 valence electrons. The van der Waals surface area contributed by atoms with Gasteiger partial charge in [-0.05, 0) is 66.2 Å². The third-order valence-electron chi connectivity index (χ3n) is 5.15. The highest BCUT2D eigenvalue weighted by molar-refractivity contribution is 6.10. The van der Waals surface area contributed by atoms with Crippen LogP contribution >= 0.6 is 0 Å². The number of nitrogens with zero attached hydrogens (tertiary/aromatic N) is 4. The zero-order valence-corrected chi connectivity index (χ0v) is 18.5. The first-order valence-electron chi connectivity index (χ1n) is 10.9. The van der Waals surface area contributed by atoms with Crippen molar-refractivity contribution < 1.29 is 13.9 Å². The standard InChI is InChI=1S/C27H20FN5O2/c28-20-11-13-21(14-12-20)30-27-24(10-5-15-29-27)26(34)25-18-33(32-31-25)17-19-6-4-9-23(16-19)35-22-7-2-1-3-8-22/h1-16,18H,17H2,(H,29,30). The van der Waals surface area contributed by atoms with Gasteiger partial charge in [-0.25, -0.2) is 14.1 Å². The molecule has 0 unspecified atom stereocenters. The predicted molar refractivity (Wildman–Crippen MR) is 129 cm³/mol. The number of hydrogen-bond acceptors (Lipinski definition) is 6. The first-order valence-corrected chi connectivity index (χ1v) is 10.9. The van der Waals surface area contributed by atoms with Gasteiger partial charge in [0, 0.05) is 11.9 Å². The van der Waals surface area contributed by atoms with Crippen molar-refractivity contribution in [1.82, 2.24) is 20.0 Å². The minimum atomic E-state index is -0.346. The van der Waals surface area contributed by atoms with Crippen molar-refractivity contribution in [2.75, 3.05) is 5.32 Å². The number of ether oxygens (including phenoxy) is 1. The summed E-state index contributed by atoms with van der Waals surface area (Å²) in [5, 5.41) is 11.2. The largest absolute Gasteiger partial charge is 0.457 e. The fraction of sp³-hybridized carbons (Fsp3) is 0.0370. The second kappa shape index (κ2) is 9.96. The second-order valence-electron chi connectivity index (χ2n) is 7.72. The molecule has 2 heterocycles. The Labute approximate surface area is 200 Å². The van der Waals surface area contributed by atoms with Crippen molar-refractivity contribution in [2.45, 2.75) is 6.54 Å². The average Bonchev–Trinajstić information content (AvgIpc) is 3.35. The van der Waals surface area contributed by atoms with Crippen LogP contribution in [0, 0.1) is 5.82 Å². The van der Waals surface area contributed by atoms with E-state index in [0.29, 0.717) is 29.4 Å². The van der Waals surface area contributed by atoms with Crippen LogP contribution in [-0.2, 0) is 6.54 Å². The van der Waals surface area contributed by atoms with Gasteiger partial charge in [0.15, 0.2) is 5.69 Å². The number of anilines is 2. The van der Waals surface area contributed by atoms with Crippen molar-refractivity contribution in [3.05, 3.63) is 126 Å². The summed E-state index contributed by atoms with van der Waals surface area (Å²) < 4.78 is 20.7. The molecule has 8 heteroatoms. The fourth-order valence-corrected chi connectivity index (χ4v) is 3.49. The van der Waals surface area contributed by atoms with Gasteiger partial charge in [-0.3, -0.25) is 4.79 Å². The van der Waals surface area contributed by atoms with Gasteiger partial charge in [-0.2, -0.15) is 0 Å². The lowest BCUT2D eigenvalue weighted by molar-refractivity contribution is 0.103. The van der Waals surface area contributed by atoms with Gasteiger partial charge in [0.25, 0.3) is 0 Å². The number of pyridine rings is 1. The van der Waals surface area contributed by atoms with E-state index in [9.17, 15) is 9.18 Å². The molecule has 0 amide bonds. The summed E-state index contributed by atoms with van der Waals surface area (Å²) in [5.74, 6) is 1.14. The first-order chi connectivity index (χ1) is 17.1. The number of para-hydroxylation sites is 1. The second-order valence-corrected chi connectivity index (χ2v) is 7.72. The van der Waals surface area contributed by atoms with E-state index in [0.717, 1.165) is 11.3 Å². The molecule has 5 aromatic rings. The van der Waals surface area contributed by atoms with Crippen LogP contribution in [-0.4, -0.2) is 25.8 Å². The molecule has 3 aromatic carbocycles. The molecule has 0 saturated heterocycles. The molecular weight excluding hydrogens is 445 g/mol. The quantitative estimate of drug-likeness (QED) is 0.299. The Morgan fingerprint density at radius 1 is 0.914 bits per heavy atom. The summed E-state index contributed by atoms with van der Waals surface area (Å²) in [5.41, 5.74) is 2.08. The predicted octanol–water partition coefficient (Wildman–Crippen LogP) is 5.63. The summed E-state index contributed by atoms with van der Waals surface area (Å²) in [6.45, 7) is 0.417. The van der Waals surface area contributed by atoms with E-state index in [1.54, 1.807) is 41.3 Å². The number of benzene rings is 3. The van der Waals surface area contributed by atoms with Crippen molar-refractivity contribution in [2.24, 2.45) is 0 Å². The van der Waals surface area contributed by atoms with E-state index >= 15 is 0 Å². The fourth-order valence-electron chi connectivity index (χ4n) is 3.49. The number of carbonyl (C=O) groups is 1. The normalized spacial score (nSPS) is 10.7. The Kier molecular flexibility index (Phi) is 6.25. The Hall–Kier alpha value is -4.85. The number of hydrogen-bond donors (Lipinski definition) is 1. The van der Waals surface area contributed by atoms with Gasteiger partial charge < -0.3 is 10.1 Å². The van der Waals surface area contributed by atoms with E-state index in [4.69, 9.17) is 4.74 Å². The van der Waals surface area contributed by atoms with Crippen molar-refractivity contribution in [3.8, 4) is 11.5 Å². The molecular formula is C27H20FN5O2. The van der Waals surface area contributed by atoms with Crippen LogP contribution < -0.4 is 10.1 Å². The van der Waals surface area contributed by atoms with E-state index < -0.39 is 0 Å². The minimum absolute atomic E-state index is 0.192. The molecule has 35 heavy (non-hydrogen) atoms. The number of nitrogens with one attached hydrogen (secondary N) is 1. The van der Waals surface area contributed by atoms with Crippen LogP contribution in [0.1, 0.15) is 21.6 Å². The number of aromatic nitrogens is 4. The van der Waals surface area contributed by atoms with Gasteiger partial charge in [-0.1, -0.05) is 35.5 Å². The van der Waals surface area contributed by atoms with Gasteiger partial charge in [0.05, 0.1) is 18.3 Å². The molecule has 0 fully saturated rings. The number of halogens is 1. The van der Waals surface area contributed by atoms with Crippen LogP contribution in [0.15, 0.2) is 103 Å². The maximum absolute atomic E-state index is 13.2. The van der Waals surface area contributed by atoms with Crippen LogP contribution in [0.25, 0.3) is 0 Å². The average molecular weight is 465 g/mol. The molecule has 7 nitrogen and oxygen atoms in total. The highest BCUT2D eigenvalue weighted by Crippen LogP contribution is 2.23. The maximum atomic E-state index is 13.2. The lowest BCUT2D eigenvalue weighted by Gasteiger charge is -2.09. The molecule has 0 aliphatic carbocycles. The van der Waals surface area contributed by atoms with Crippen molar-refractivity contribution >= 4 is 17.3 Å². The van der Waals surface area contributed by atoms with E-state index in [2.05, 4.69) is 20.6 Å². The van der Waals surface area contributed by atoms with Crippen LogP contribution in [0.4, 0.5) is 15.9 Å². The number of rotatable bonds is 8. The van der Waals surface area contributed by atoms with Gasteiger partial charge in [0.2, 0.25) is 5.78 Å². The molecule has 1 N–H and O–H groups in total. The van der Waals surface area contributed by atoms with Crippen LogP contribution in [0.5, 0.6) is 11.5 Å². The van der Waals surface area contributed by atoms with Gasteiger partial charge in [0.1, 0.15) is 23.1 Å². The Bertz CT molecular complexity index is 1450. The summed E-state index contributed by atoms with van der Waals surface area (Å²) in [7, 11) is 0. The molecule has 0 saturated carbocycles. The van der Waals surface area contributed by atoms with Gasteiger partial charge in [-0.15, -0.1) is 5.10 Å². The van der Waals surface area contributed by atoms with E-state index in [1.807, 2.05) is 54.6 Å². The highest BCUT2D eigenvalue weighted by atomic mass is 19.1. The molecule has 0 spiro atoms. The Morgan fingerprint density at radius 2 is 1.71 bits per heavy atom. The van der Waals surface area contributed by atoms with Crippen LogP contribution in [0.3, 0.4) is 0 Å². The third-order valence-corrected chi connectivity index (χ3v) is 5.15. The van der Waals surface area contributed by atoms with E-state index in [-0.39, 0.29) is 17.3 Å². The highest BCUT2D eigenvalue weighted by Gasteiger charge is 2.18. The molecule has 0 radical (unpaired) electrons. The smallest absolute Gasteiger partial charge is 0.218 e. The zero-order chi connectivity index (χ0) is 24.0. The van der Waals surface area contributed by atoms with Crippen molar-refractivity contribution in [1.29, 1.82) is 0 Å². The summed E-state index contributed by atoms with van der Waals surface area (Å²) in [4.78, 5) is 17.4. The minimum Gasteiger partial charge on any atom is -0.457 e. The molecule has 2 aromatic heterocycles. The summed E-state index contributed by atoms with van der Waals surface area (Å²) >= 11 is 0. The Morgan fingerprint density at radius 3 is 2.54 bits per heavy atom. The third kappa shape index (κ3) is 5.39.